The second-order valence-corrected chi connectivity index (χ2v) is 6.91. The molecule has 1 fully saturated rings. The van der Waals surface area contributed by atoms with E-state index in [1.54, 1.807) is 47.6 Å². The predicted molar refractivity (Wildman–Crippen MR) is 109 cm³/mol. The monoisotopic (exact) mass is 391 g/mol. The fraction of sp³-hybridized carbons (Fsp3) is 0.227. The number of likely N-dealkylation sites (tertiary alicyclic amines) is 1. The summed E-state index contributed by atoms with van der Waals surface area (Å²) in [5.74, 6) is -0.519. The number of rotatable bonds is 6. The number of carbonyl (C=O) groups excluding carboxylic acids is 1. The van der Waals surface area contributed by atoms with Gasteiger partial charge >= 0.3 is 5.97 Å². The number of hydrogen-bond acceptors (Lipinski definition) is 4. The molecule has 3 heterocycles. The van der Waals surface area contributed by atoms with Gasteiger partial charge in [0.1, 0.15) is 11.4 Å². The Balaban J connectivity index is 1.51. The molecule has 148 valence electrons. The van der Waals surface area contributed by atoms with Crippen LogP contribution in [-0.4, -0.2) is 51.5 Å². The van der Waals surface area contributed by atoms with E-state index in [1.807, 2.05) is 12.1 Å². The van der Waals surface area contributed by atoms with Crippen molar-refractivity contribution in [3.63, 3.8) is 0 Å². The van der Waals surface area contributed by atoms with Gasteiger partial charge in [-0.1, -0.05) is 12.1 Å². The summed E-state index contributed by atoms with van der Waals surface area (Å²) in [7, 11) is 0. The lowest BCUT2D eigenvalue weighted by molar-refractivity contribution is -0.132. The van der Waals surface area contributed by atoms with E-state index < -0.39 is 5.97 Å². The minimum atomic E-state index is -1.03. The fourth-order valence-corrected chi connectivity index (χ4v) is 3.45. The molecule has 0 spiro atoms. The molecule has 0 aliphatic carbocycles. The average molecular weight is 391 g/mol. The number of aromatic amines is 1. The molecule has 1 saturated heterocycles. The number of benzene rings is 1. The molecule has 0 radical (unpaired) electrons. The molecule has 1 amide bonds. The van der Waals surface area contributed by atoms with Crippen molar-refractivity contribution in [3.05, 3.63) is 59.9 Å². The Morgan fingerprint density at radius 1 is 1.17 bits per heavy atom. The molecule has 3 aromatic rings. The summed E-state index contributed by atoms with van der Waals surface area (Å²) in [6, 6.07) is 10.4. The number of nitrogens with zero attached hydrogens (tertiary/aromatic N) is 2. The van der Waals surface area contributed by atoms with E-state index in [1.165, 1.54) is 0 Å². The number of pyridine rings is 1. The minimum absolute atomic E-state index is 0.0106. The van der Waals surface area contributed by atoms with Crippen molar-refractivity contribution >= 4 is 34.6 Å². The van der Waals surface area contributed by atoms with Crippen LogP contribution in [0.4, 0.5) is 0 Å². The number of aromatic nitrogens is 2. The molecule has 0 unspecified atom stereocenters. The molecule has 0 saturated carbocycles. The van der Waals surface area contributed by atoms with E-state index in [0.717, 1.165) is 36.9 Å². The van der Waals surface area contributed by atoms with Crippen LogP contribution in [0.25, 0.3) is 22.7 Å². The van der Waals surface area contributed by atoms with Crippen LogP contribution in [0, 0.1) is 0 Å². The van der Waals surface area contributed by atoms with E-state index >= 15 is 0 Å². The highest BCUT2D eigenvalue weighted by atomic mass is 16.5. The summed E-state index contributed by atoms with van der Waals surface area (Å²) in [6.45, 7) is 1.57. The zero-order valence-corrected chi connectivity index (χ0v) is 15.8. The maximum Gasteiger partial charge on any atom is 0.336 e. The number of carboxylic acids is 1. The highest BCUT2D eigenvalue weighted by molar-refractivity contribution is 6.21. The minimum Gasteiger partial charge on any atom is -0.484 e. The number of carbonyl (C=O) groups is 2. The van der Waals surface area contributed by atoms with Crippen molar-refractivity contribution in [2.45, 2.75) is 12.8 Å². The average Bonchev–Trinajstić information content (AvgIpc) is 3.41. The molecule has 7 nitrogen and oxygen atoms in total. The lowest BCUT2D eigenvalue weighted by Crippen LogP contribution is -2.32. The molecule has 1 aromatic carbocycles. The van der Waals surface area contributed by atoms with E-state index in [0.29, 0.717) is 17.0 Å². The van der Waals surface area contributed by atoms with Crippen LogP contribution >= 0.6 is 0 Å². The third-order valence-electron chi connectivity index (χ3n) is 5.00. The summed E-state index contributed by atoms with van der Waals surface area (Å²) in [6.07, 6.45) is 7.11. The normalized spacial score (nSPS) is 14.3. The first kappa shape index (κ1) is 18.7. The maximum atomic E-state index is 12.1. The Morgan fingerprint density at radius 2 is 1.93 bits per heavy atom. The van der Waals surface area contributed by atoms with Crippen molar-refractivity contribution in [3.8, 4) is 5.75 Å². The molecule has 29 heavy (non-hydrogen) atoms. The number of hydrogen-bond donors (Lipinski definition) is 2. The smallest absolute Gasteiger partial charge is 0.336 e. The van der Waals surface area contributed by atoms with E-state index in [-0.39, 0.29) is 18.1 Å². The Labute approximate surface area is 167 Å². The van der Waals surface area contributed by atoms with Crippen LogP contribution in [0.3, 0.4) is 0 Å². The van der Waals surface area contributed by atoms with Gasteiger partial charge in [-0.25, -0.2) is 9.78 Å². The van der Waals surface area contributed by atoms with Crippen molar-refractivity contribution in [1.82, 2.24) is 14.9 Å². The second kappa shape index (κ2) is 8.18. The zero-order chi connectivity index (χ0) is 20.2. The lowest BCUT2D eigenvalue weighted by Gasteiger charge is -2.15. The number of fused-ring (bicyclic) bond motifs is 1. The first-order valence-corrected chi connectivity index (χ1v) is 9.50. The SMILES string of the molecule is O=C(O)C(=Cc1c[nH]c2ncccc12)c1ccc(OCC(=O)N2CCCC2)cc1. The molecule has 2 aromatic heterocycles. The summed E-state index contributed by atoms with van der Waals surface area (Å²) in [5.41, 5.74) is 2.17. The van der Waals surface area contributed by atoms with Crippen LogP contribution in [0.2, 0.25) is 0 Å². The van der Waals surface area contributed by atoms with Gasteiger partial charge in [0.2, 0.25) is 0 Å². The molecule has 4 rings (SSSR count). The highest BCUT2D eigenvalue weighted by Gasteiger charge is 2.18. The van der Waals surface area contributed by atoms with Crippen LogP contribution in [0.1, 0.15) is 24.0 Å². The van der Waals surface area contributed by atoms with Gasteiger partial charge in [-0.15, -0.1) is 0 Å². The molecular formula is C22H21N3O4. The van der Waals surface area contributed by atoms with Gasteiger partial charge in [-0.2, -0.15) is 0 Å². The van der Waals surface area contributed by atoms with Crippen LogP contribution in [-0.2, 0) is 9.59 Å². The van der Waals surface area contributed by atoms with E-state index in [4.69, 9.17) is 4.74 Å². The van der Waals surface area contributed by atoms with E-state index in [9.17, 15) is 14.7 Å². The number of H-pyrrole nitrogens is 1. The van der Waals surface area contributed by atoms with Crippen molar-refractivity contribution in [1.29, 1.82) is 0 Å². The summed E-state index contributed by atoms with van der Waals surface area (Å²) in [4.78, 5) is 33.0. The fourth-order valence-electron chi connectivity index (χ4n) is 3.45. The largest absolute Gasteiger partial charge is 0.484 e. The molecule has 1 aliphatic heterocycles. The lowest BCUT2D eigenvalue weighted by atomic mass is 10.0. The number of nitrogens with one attached hydrogen (secondary N) is 1. The summed E-state index contributed by atoms with van der Waals surface area (Å²) < 4.78 is 5.57. The van der Waals surface area contributed by atoms with Gasteiger partial charge in [0.25, 0.3) is 5.91 Å². The third kappa shape index (κ3) is 4.13. The second-order valence-electron chi connectivity index (χ2n) is 6.91. The topological polar surface area (TPSA) is 95.5 Å². The van der Waals surface area contributed by atoms with Gasteiger partial charge in [0.05, 0.1) is 5.57 Å². The van der Waals surface area contributed by atoms with E-state index in [2.05, 4.69) is 9.97 Å². The molecule has 0 atom stereocenters. The van der Waals surface area contributed by atoms with Gasteiger partial charge in [0.15, 0.2) is 6.61 Å². The van der Waals surface area contributed by atoms with Crippen molar-refractivity contribution < 1.29 is 19.4 Å². The van der Waals surface area contributed by atoms with Gasteiger partial charge in [-0.05, 0) is 48.7 Å². The van der Waals surface area contributed by atoms with Gasteiger partial charge in [-0.3, -0.25) is 4.79 Å². The first-order valence-electron chi connectivity index (χ1n) is 9.50. The summed E-state index contributed by atoms with van der Waals surface area (Å²) >= 11 is 0. The number of aliphatic carboxylic acids is 1. The Bertz CT molecular complexity index is 1060. The van der Waals surface area contributed by atoms with Gasteiger partial charge < -0.3 is 19.7 Å². The molecule has 1 aliphatic rings. The van der Waals surface area contributed by atoms with Gasteiger partial charge in [0, 0.05) is 36.4 Å². The number of amides is 1. The number of carboxylic acid groups (broad SMARTS) is 1. The Kier molecular flexibility index (Phi) is 5.29. The summed E-state index contributed by atoms with van der Waals surface area (Å²) in [5, 5.41) is 10.5. The highest BCUT2D eigenvalue weighted by Crippen LogP contribution is 2.25. The first-order chi connectivity index (χ1) is 14.1. The van der Waals surface area contributed by atoms with Crippen molar-refractivity contribution in [2.75, 3.05) is 19.7 Å². The Hall–Kier alpha value is -3.61. The van der Waals surface area contributed by atoms with Crippen molar-refractivity contribution in [2.24, 2.45) is 0 Å². The van der Waals surface area contributed by atoms with Crippen LogP contribution < -0.4 is 4.74 Å². The maximum absolute atomic E-state index is 12.1. The standard InChI is InChI=1S/C22H21N3O4/c26-20(25-10-1-2-11-25)14-29-17-7-5-15(6-8-17)19(22(27)28)12-16-13-24-21-18(16)4-3-9-23-21/h3-9,12-13H,1-2,10-11,14H2,(H,23,24)(H,27,28). The molecule has 0 bridgehead atoms. The molecule has 7 heteroatoms. The Morgan fingerprint density at radius 3 is 2.66 bits per heavy atom. The molecular weight excluding hydrogens is 370 g/mol. The molecule has 2 N–H and O–H groups in total. The predicted octanol–water partition coefficient (Wildman–Crippen LogP) is 3.19. The van der Waals surface area contributed by atoms with Crippen LogP contribution in [0.5, 0.6) is 5.75 Å². The quantitative estimate of drug-likeness (QED) is 0.629. The number of ether oxygens (including phenoxy) is 1. The van der Waals surface area contributed by atoms with Crippen LogP contribution in [0.15, 0.2) is 48.8 Å². The third-order valence-corrected chi connectivity index (χ3v) is 5.00. The zero-order valence-electron chi connectivity index (χ0n) is 15.8.